The van der Waals surface area contributed by atoms with Gasteiger partial charge in [0.1, 0.15) is 11.5 Å². The summed E-state index contributed by atoms with van der Waals surface area (Å²) < 4.78 is 5.73. The second-order valence-corrected chi connectivity index (χ2v) is 7.33. The molecule has 3 aromatic carbocycles. The lowest BCUT2D eigenvalue weighted by atomic mass is 9.88. The molecular weight excluding hydrogens is 376 g/mol. The third kappa shape index (κ3) is 4.87. The molecule has 0 aromatic heterocycles. The van der Waals surface area contributed by atoms with Crippen molar-refractivity contribution in [3.63, 3.8) is 0 Å². The van der Waals surface area contributed by atoms with Crippen LogP contribution in [0, 0.1) is 0 Å². The number of hydrogen-bond acceptors (Lipinski definition) is 3. The number of hydrogen-bond donors (Lipinski definition) is 2. The van der Waals surface area contributed by atoms with Crippen molar-refractivity contribution in [2.45, 2.75) is 25.3 Å². The lowest BCUT2D eigenvalue weighted by Gasteiger charge is -2.26. The Morgan fingerprint density at radius 1 is 0.867 bits per heavy atom. The quantitative estimate of drug-likeness (QED) is 0.644. The fourth-order valence-corrected chi connectivity index (χ4v) is 3.71. The van der Waals surface area contributed by atoms with Gasteiger partial charge in [-0.15, -0.1) is 0 Å². The van der Waals surface area contributed by atoms with E-state index in [-0.39, 0.29) is 24.4 Å². The van der Waals surface area contributed by atoms with Gasteiger partial charge in [0.2, 0.25) is 5.91 Å². The van der Waals surface area contributed by atoms with Crippen LogP contribution in [0.2, 0.25) is 0 Å². The number of amides is 2. The maximum absolute atomic E-state index is 12.4. The Hall–Kier alpha value is -3.60. The summed E-state index contributed by atoms with van der Waals surface area (Å²) in [6, 6.07) is 24.5. The number of carbonyl (C=O) groups excluding carboxylic acids is 2. The molecule has 152 valence electrons. The molecule has 0 fully saturated rings. The van der Waals surface area contributed by atoms with Gasteiger partial charge in [0.15, 0.2) is 0 Å². The molecule has 4 rings (SSSR count). The average Bonchev–Trinajstić information content (AvgIpc) is 2.79. The average molecular weight is 400 g/mol. The van der Waals surface area contributed by atoms with Crippen LogP contribution in [0.3, 0.4) is 0 Å². The Kier molecular flexibility index (Phi) is 6.09. The van der Waals surface area contributed by atoms with E-state index in [2.05, 4.69) is 22.8 Å². The van der Waals surface area contributed by atoms with E-state index < -0.39 is 0 Å². The third-order valence-electron chi connectivity index (χ3n) is 5.21. The monoisotopic (exact) mass is 400 g/mol. The van der Waals surface area contributed by atoms with E-state index in [9.17, 15) is 9.59 Å². The minimum absolute atomic E-state index is 0.00812. The fraction of sp³-hybridized carbons (Fsp3) is 0.200. The van der Waals surface area contributed by atoms with Gasteiger partial charge in [-0.3, -0.25) is 9.59 Å². The third-order valence-corrected chi connectivity index (χ3v) is 5.21. The number of nitrogens with one attached hydrogen (secondary N) is 2. The zero-order valence-electron chi connectivity index (χ0n) is 16.6. The second kappa shape index (κ2) is 9.27. The maximum atomic E-state index is 12.4. The SMILES string of the molecule is O=C(CNC(=O)c1ccc(Oc2ccccc2)cc1)N[C@H]1CCCc2ccccc21. The second-order valence-electron chi connectivity index (χ2n) is 7.33. The summed E-state index contributed by atoms with van der Waals surface area (Å²) >= 11 is 0. The van der Waals surface area contributed by atoms with Gasteiger partial charge in [0.05, 0.1) is 12.6 Å². The van der Waals surface area contributed by atoms with Gasteiger partial charge in [-0.25, -0.2) is 0 Å². The molecule has 0 heterocycles. The highest BCUT2D eigenvalue weighted by molar-refractivity contribution is 5.96. The van der Waals surface area contributed by atoms with Crippen LogP contribution in [0.25, 0.3) is 0 Å². The van der Waals surface area contributed by atoms with E-state index in [1.165, 1.54) is 11.1 Å². The molecule has 2 N–H and O–H groups in total. The molecule has 1 aliphatic rings. The van der Waals surface area contributed by atoms with Crippen molar-refractivity contribution in [3.05, 3.63) is 95.6 Å². The highest BCUT2D eigenvalue weighted by Crippen LogP contribution is 2.29. The molecule has 1 aliphatic carbocycles. The molecule has 0 saturated heterocycles. The number of ether oxygens (including phenoxy) is 1. The number of carbonyl (C=O) groups is 2. The molecule has 3 aromatic rings. The smallest absolute Gasteiger partial charge is 0.251 e. The van der Waals surface area contributed by atoms with Crippen molar-refractivity contribution in [1.29, 1.82) is 0 Å². The molecule has 2 amide bonds. The van der Waals surface area contributed by atoms with Crippen molar-refractivity contribution in [3.8, 4) is 11.5 Å². The van der Waals surface area contributed by atoms with Crippen LogP contribution in [-0.2, 0) is 11.2 Å². The van der Waals surface area contributed by atoms with Crippen molar-refractivity contribution >= 4 is 11.8 Å². The van der Waals surface area contributed by atoms with Crippen LogP contribution in [0.5, 0.6) is 11.5 Å². The van der Waals surface area contributed by atoms with Gasteiger partial charge >= 0.3 is 0 Å². The zero-order chi connectivity index (χ0) is 20.8. The van der Waals surface area contributed by atoms with Crippen LogP contribution < -0.4 is 15.4 Å². The van der Waals surface area contributed by atoms with E-state index in [1.807, 2.05) is 42.5 Å². The standard InChI is InChI=1S/C25H24N2O3/c28-24(27-23-12-6-8-18-7-4-5-11-22(18)23)17-26-25(29)19-13-15-21(16-14-19)30-20-9-2-1-3-10-20/h1-5,7,9-11,13-16,23H,6,8,12,17H2,(H,26,29)(H,27,28)/t23-/m0/s1. The van der Waals surface area contributed by atoms with Gasteiger partial charge in [-0.1, -0.05) is 42.5 Å². The molecule has 5 nitrogen and oxygen atoms in total. The van der Waals surface area contributed by atoms with Crippen LogP contribution in [-0.4, -0.2) is 18.4 Å². The Labute approximate surface area is 176 Å². The summed E-state index contributed by atoms with van der Waals surface area (Å²) in [5.74, 6) is 0.900. The Balaban J connectivity index is 1.29. The van der Waals surface area contributed by atoms with Gasteiger partial charge in [0, 0.05) is 5.56 Å². The van der Waals surface area contributed by atoms with E-state index in [4.69, 9.17) is 4.74 Å². The normalized spacial score (nSPS) is 15.0. The van der Waals surface area contributed by atoms with Gasteiger partial charge in [-0.2, -0.15) is 0 Å². The minimum Gasteiger partial charge on any atom is -0.457 e. The van der Waals surface area contributed by atoms with Gasteiger partial charge in [-0.05, 0) is 66.8 Å². The van der Waals surface area contributed by atoms with Gasteiger partial charge in [0.25, 0.3) is 5.91 Å². The largest absolute Gasteiger partial charge is 0.457 e. The zero-order valence-corrected chi connectivity index (χ0v) is 16.6. The van der Waals surface area contributed by atoms with Crippen LogP contribution in [0.1, 0.15) is 40.4 Å². The number of benzene rings is 3. The van der Waals surface area contributed by atoms with Crippen molar-refractivity contribution in [2.24, 2.45) is 0 Å². The molecule has 0 spiro atoms. The fourth-order valence-electron chi connectivity index (χ4n) is 3.71. The molecule has 5 heteroatoms. The summed E-state index contributed by atoms with van der Waals surface area (Å²) in [6.07, 6.45) is 3.01. The lowest BCUT2D eigenvalue weighted by Crippen LogP contribution is -2.39. The predicted octanol–water partition coefficient (Wildman–Crippen LogP) is 4.40. The molecule has 0 radical (unpaired) electrons. The number of fused-ring (bicyclic) bond motifs is 1. The molecule has 0 unspecified atom stereocenters. The van der Waals surface area contributed by atoms with E-state index in [0.29, 0.717) is 11.3 Å². The Bertz CT molecular complexity index is 1020. The molecule has 0 saturated carbocycles. The summed E-state index contributed by atoms with van der Waals surface area (Å²) in [5.41, 5.74) is 2.94. The first-order valence-corrected chi connectivity index (χ1v) is 10.2. The highest BCUT2D eigenvalue weighted by Gasteiger charge is 2.21. The summed E-state index contributed by atoms with van der Waals surface area (Å²) in [5, 5.41) is 5.73. The first-order chi connectivity index (χ1) is 14.7. The number of rotatable bonds is 6. The summed E-state index contributed by atoms with van der Waals surface area (Å²) in [7, 11) is 0. The molecular formula is C25H24N2O3. The van der Waals surface area contributed by atoms with Crippen LogP contribution in [0.4, 0.5) is 0 Å². The minimum atomic E-state index is -0.291. The first kappa shape index (κ1) is 19.7. The number of para-hydroxylation sites is 1. The van der Waals surface area contributed by atoms with Crippen LogP contribution >= 0.6 is 0 Å². The predicted molar refractivity (Wildman–Crippen MR) is 116 cm³/mol. The molecule has 0 aliphatic heterocycles. The Morgan fingerprint density at radius 3 is 2.37 bits per heavy atom. The maximum Gasteiger partial charge on any atom is 0.251 e. The van der Waals surface area contributed by atoms with E-state index >= 15 is 0 Å². The molecule has 0 bridgehead atoms. The van der Waals surface area contributed by atoms with Crippen molar-refractivity contribution in [1.82, 2.24) is 10.6 Å². The van der Waals surface area contributed by atoms with E-state index in [1.54, 1.807) is 24.3 Å². The topological polar surface area (TPSA) is 67.4 Å². The van der Waals surface area contributed by atoms with E-state index in [0.717, 1.165) is 25.0 Å². The Morgan fingerprint density at radius 2 is 1.57 bits per heavy atom. The van der Waals surface area contributed by atoms with Crippen molar-refractivity contribution in [2.75, 3.05) is 6.54 Å². The number of aryl methyl sites for hydroxylation is 1. The summed E-state index contributed by atoms with van der Waals surface area (Å²) in [4.78, 5) is 24.7. The first-order valence-electron chi connectivity index (χ1n) is 10.2. The van der Waals surface area contributed by atoms with Crippen molar-refractivity contribution < 1.29 is 14.3 Å². The molecule has 30 heavy (non-hydrogen) atoms. The lowest BCUT2D eigenvalue weighted by molar-refractivity contribution is -0.121. The van der Waals surface area contributed by atoms with Crippen LogP contribution in [0.15, 0.2) is 78.9 Å². The molecule has 1 atom stereocenters. The van der Waals surface area contributed by atoms with Gasteiger partial charge < -0.3 is 15.4 Å². The highest BCUT2D eigenvalue weighted by atomic mass is 16.5. The summed E-state index contributed by atoms with van der Waals surface area (Å²) in [6.45, 7) is -0.0558.